The number of aliphatic hydroxyl groups is 1. The Kier molecular flexibility index (Phi) is 6.96. The molecule has 0 saturated carbocycles. The third-order valence-corrected chi connectivity index (χ3v) is 5.70. The summed E-state index contributed by atoms with van der Waals surface area (Å²) in [4.78, 5) is 13.9. The summed E-state index contributed by atoms with van der Waals surface area (Å²) in [6.45, 7) is 4.91. The summed E-state index contributed by atoms with van der Waals surface area (Å²) < 4.78 is 1.96. The zero-order chi connectivity index (χ0) is 23.4. The molecule has 0 spiro atoms. The Bertz CT molecular complexity index is 1230. The Hall–Kier alpha value is -3.36. The van der Waals surface area contributed by atoms with Crippen LogP contribution in [0.1, 0.15) is 25.0 Å². The number of phenols is 1. The van der Waals surface area contributed by atoms with Gasteiger partial charge in [0.1, 0.15) is 5.75 Å². The number of aliphatic hydroxyl groups excluding tert-OH is 1. The first-order valence-corrected chi connectivity index (χ1v) is 11.2. The second kappa shape index (κ2) is 10.1. The average molecular weight is 467 g/mol. The van der Waals surface area contributed by atoms with Crippen LogP contribution in [0.15, 0.2) is 54.9 Å². The molecule has 33 heavy (non-hydrogen) atoms. The first kappa shape index (κ1) is 22.8. The first-order chi connectivity index (χ1) is 15.9. The van der Waals surface area contributed by atoms with E-state index in [1.807, 2.05) is 48.7 Å². The number of nitrogens with one attached hydrogen (secondary N) is 2. The molecular weight excluding hydrogens is 440 g/mol. The number of hydrogen-bond donors (Lipinski definition) is 4. The molecule has 0 saturated heterocycles. The number of halogens is 1. The summed E-state index contributed by atoms with van der Waals surface area (Å²) in [5.74, 6) is 1.24. The molecule has 0 aliphatic carbocycles. The summed E-state index contributed by atoms with van der Waals surface area (Å²) in [5, 5.41) is 27.0. The maximum Gasteiger partial charge on any atom is 0.227 e. The third kappa shape index (κ3) is 5.35. The van der Waals surface area contributed by atoms with Crippen LogP contribution in [0.5, 0.6) is 5.75 Å². The van der Waals surface area contributed by atoms with Crippen LogP contribution in [0, 0.1) is 5.92 Å². The van der Waals surface area contributed by atoms with Gasteiger partial charge in [-0.25, -0.2) is 4.98 Å². The van der Waals surface area contributed by atoms with Crippen LogP contribution in [-0.4, -0.2) is 42.4 Å². The lowest BCUT2D eigenvalue weighted by Gasteiger charge is -2.20. The zero-order valence-electron chi connectivity index (χ0n) is 18.5. The van der Waals surface area contributed by atoms with Crippen molar-refractivity contribution < 1.29 is 10.2 Å². The normalized spacial score (nSPS) is 12.3. The van der Waals surface area contributed by atoms with Crippen LogP contribution < -0.4 is 10.6 Å². The molecule has 9 heteroatoms. The van der Waals surface area contributed by atoms with E-state index in [1.165, 1.54) is 0 Å². The van der Waals surface area contributed by atoms with E-state index in [0.29, 0.717) is 46.6 Å². The zero-order valence-corrected chi connectivity index (χ0v) is 19.3. The van der Waals surface area contributed by atoms with E-state index >= 15 is 0 Å². The van der Waals surface area contributed by atoms with Gasteiger partial charge < -0.3 is 25.4 Å². The van der Waals surface area contributed by atoms with Gasteiger partial charge in [-0.2, -0.15) is 9.97 Å². The molecule has 2 heterocycles. The maximum atomic E-state index is 10.2. The molecule has 0 aliphatic heterocycles. The largest absolute Gasteiger partial charge is 0.508 e. The van der Waals surface area contributed by atoms with Crippen molar-refractivity contribution in [2.24, 2.45) is 5.92 Å². The van der Waals surface area contributed by atoms with Gasteiger partial charge in [0, 0.05) is 17.1 Å². The molecule has 172 valence electrons. The van der Waals surface area contributed by atoms with Gasteiger partial charge in [-0.3, -0.25) is 0 Å². The van der Waals surface area contributed by atoms with E-state index in [1.54, 1.807) is 24.5 Å². The minimum Gasteiger partial charge on any atom is -0.508 e. The predicted octanol–water partition coefficient (Wildman–Crippen LogP) is 4.27. The summed E-state index contributed by atoms with van der Waals surface area (Å²) >= 11 is 6.09. The van der Waals surface area contributed by atoms with Crippen molar-refractivity contribution in [1.29, 1.82) is 0 Å². The van der Waals surface area contributed by atoms with Gasteiger partial charge in [0.2, 0.25) is 5.95 Å². The van der Waals surface area contributed by atoms with Gasteiger partial charge in [-0.15, -0.1) is 0 Å². The number of anilines is 2. The lowest BCUT2D eigenvalue weighted by molar-refractivity contribution is 0.248. The molecule has 4 rings (SSSR count). The van der Waals surface area contributed by atoms with Crippen molar-refractivity contribution in [3.8, 4) is 5.75 Å². The highest BCUT2D eigenvalue weighted by molar-refractivity contribution is 6.30. The minimum absolute atomic E-state index is 0.0402. The summed E-state index contributed by atoms with van der Waals surface area (Å²) in [5.41, 5.74) is 3.04. The Morgan fingerprint density at radius 1 is 1.09 bits per heavy atom. The van der Waals surface area contributed by atoms with Crippen LogP contribution in [0.4, 0.5) is 11.8 Å². The number of rotatable bonds is 9. The molecule has 1 atom stereocenters. The highest BCUT2D eigenvalue weighted by Crippen LogP contribution is 2.26. The highest BCUT2D eigenvalue weighted by atomic mass is 35.5. The maximum absolute atomic E-state index is 10.2. The van der Waals surface area contributed by atoms with Crippen molar-refractivity contribution in [3.63, 3.8) is 0 Å². The molecule has 0 aliphatic rings. The molecule has 0 fully saturated rings. The van der Waals surface area contributed by atoms with Crippen molar-refractivity contribution in [1.82, 2.24) is 19.5 Å². The fourth-order valence-electron chi connectivity index (χ4n) is 3.49. The van der Waals surface area contributed by atoms with E-state index in [2.05, 4.69) is 20.6 Å². The van der Waals surface area contributed by atoms with E-state index in [0.717, 1.165) is 5.56 Å². The van der Waals surface area contributed by atoms with Crippen LogP contribution in [0.3, 0.4) is 0 Å². The van der Waals surface area contributed by atoms with Gasteiger partial charge in [0.15, 0.2) is 17.0 Å². The van der Waals surface area contributed by atoms with Gasteiger partial charge in [-0.05, 0) is 29.7 Å². The average Bonchev–Trinajstić information content (AvgIpc) is 3.21. The number of benzene rings is 2. The van der Waals surface area contributed by atoms with Crippen LogP contribution in [-0.2, 0) is 13.1 Å². The van der Waals surface area contributed by atoms with Gasteiger partial charge in [0.25, 0.3) is 0 Å². The molecule has 0 bridgehead atoms. The Morgan fingerprint density at radius 2 is 1.88 bits per heavy atom. The summed E-state index contributed by atoms with van der Waals surface area (Å²) in [6, 6.07) is 14.8. The lowest BCUT2D eigenvalue weighted by atomic mass is 10.1. The standard InChI is InChI=1S/C24H27ClN6O2/c1-15(2)19(13-32)28-24-29-22(26-11-17-10-18(25)8-9-20(17)33)21-23(30-24)31(14-27-21)12-16-6-4-3-5-7-16/h3-10,14-15,19,32-33H,11-13H2,1-2H3,(H2,26,28,29,30). The van der Waals surface area contributed by atoms with Crippen LogP contribution in [0.25, 0.3) is 11.2 Å². The number of nitrogens with zero attached hydrogens (tertiary/aromatic N) is 4. The second-order valence-corrected chi connectivity index (χ2v) is 8.67. The number of aromatic nitrogens is 4. The monoisotopic (exact) mass is 466 g/mol. The van der Waals surface area contributed by atoms with Gasteiger partial charge >= 0.3 is 0 Å². The van der Waals surface area contributed by atoms with E-state index < -0.39 is 0 Å². The number of aromatic hydroxyl groups is 1. The molecule has 0 amide bonds. The van der Waals surface area contributed by atoms with Crippen molar-refractivity contribution in [3.05, 3.63) is 71.0 Å². The number of phenolic OH excluding ortho intramolecular Hbond substituents is 1. The number of imidazole rings is 1. The van der Waals surface area contributed by atoms with Gasteiger partial charge in [-0.1, -0.05) is 55.8 Å². The summed E-state index contributed by atoms with van der Waals surface area (Å²) in [7, 11) is 0. The van der Waals surface area contributed by atoms with Crippen molar-refractivity contribution >= 4 is 34.5 Å². The quantitative estimate of drug-likeness (QED) is 0.291. The molecule has 4 N–H and O–H groups in total. The SMILES string of the molecule is CC(C)C(CO)Nc1nc(NCc2cc(Cl)ccc2O)c2ncn(Cc3ccccc3)c2n1. The smallest absolute Gasteiger partial charge is 0.227 e. The van der Waals surface area contributed by atoms with Crippen LogP contribution >= 0.6 is 11.6 Å². The molecule has 2 aromatic heterocycles. The molecule has 2 aromatic carbocycles. The molecule has 8 nitrogen and oxygen atoms in total. The Labute approximate surface area is 197 Å². The summed E-state index contributed by atoms with van der Waals surface area (Å²) in [6.07, 6.45) is 1.74. The highest BCUT2D eigenvalue weighted by Gasteiger charge is 2.18. The third-order valence-electron chi connectivity index (χ3n) is 5.46. The Balaban J connectivity index is 1.71. The van der Waals surface area contributed by atoms with E-state index in [9.17, 15) is 10.2 Å². The molecular formula is C24H27ClN6O2. The second-order valence-electron chi connectivity index (χ2n) is 8.23. The van der Waals surface area contributed by atoms with Crippen LogP contribution in [0.2, 0.25) is 5.02 Å². The number of fused-ring (bicyclic) bond motifs is 1. The topological polar surface area (TPSA) is 108 Å². The molecule has 4 aromatic rings. The van der Waals surface area contributed by atoms with Gasteiger partial charge in [0.05, 0.1) is 25.5 Å². The minimum atomic E-state index is -0.197. The predicted molar refractivity (Wildman–Crippen MR) is 131 cm³/mol. The first-order valence-electron chi connectivity index (χ1n) is 10.8. The fraction of sp³-hybridized carbons (Fsp3) is 0.292. The lowest BCUT2D eigenvalue weighted by Crippen LogP contribution is -2.30. The van der Waals surface area contributed by atoms with Crippen molar-refractivity contribution in [2.45, 2.75) is 33.0 Å². The van der Waals surface area contributed by atoms with E-state index in [4.69, 9.17) is 16.6 Å². The fourth-order valence-corrected chi connectivity index (χ4v) is 3.69. The Morgan fingerprint density at radius 3 is 2.61 bits per heavy atom. The number of hydrogen-bond acceptors (Lipinski definition) is 7. The van der Waals surface area contributed by atoms with E-state index in [-0.39, 0.29) is 24.3 Å². The molecule has 1 unspecified atom stereocenters. The molecule has 0 radical (unpaired) electrons. The van der Waals surface area contributed by atoms with Crippen molar-refractivity contribution in [2.75, 3.05) is 17.2 Å².